The fraction of sp³-hybridized carbons (Fsp3) is 0.387. The topological polar surface area (TPSA) is 95.0 Å². The third-order valence-corrected chi connectivity index (χ3v) is 8.76. The van der Waals surface area contributed by atoms with Crippen LogP contribution in [0.1, 0.15) is 64.4 Å². The normalized spacial score (nSPS) is 20.0. The molecule has 40 heavy (non-hydrogen) atoms. The Bertz CT molecular complexity index is 1400. The van der Waals surface area contributed by atoms with Gasteiger partial charge in [-0.05, 0) is 67.5 Å². The average Bonchev–Trinajstić information content (AvgIpc) is 2.98. The summed E-state index contributed by atoms with van der Waals surface area (Å²) in [6, 6.07) is 12.7. The van der Waals surface area contributed by atoms with Gasteiger partial charge in [0, 0.05) is 61.8 Å². The Balaban J connectivity index is 1.13. The van der Waals surface area contributed by atoms with Gasteiger partial charge >= 0.3 is 0 Å². The van der Waals surface area contributed by atoms with E-state index < -0.39 is 17.8 Å². The van der Waals surface area contributed by atoms with Crippen molar-refractivity contribution in [2.75, 3.05) is 37.7 Å². The molecule has 6 rings (SSSR count). The zero-order chi connectivity index (χ0) is 27.7. The Labute approximate surface area is 232 Å². The number of hydrogen-bond donors (Lipinski definition) is 2. The van der Waals surface area contributed by atoms with Crippen LogP contribution in [-0.2, 0) is 0 Å². The Kier molecular flexibility index (Phi) is 7.04. The maximum atomic E-state index is 15.2. The summed E-state index contributed by atoms with van der Waals surface area (Å²) in [7, 11) is 0. The van der Waals surface area contributed by atoms with Crippen molar-refractivity contribution < 1.29 is 23.8 Å². The largest absolute Gasteiger partial charge is 0.507 e. The molecule has 4 heterocycles. The molecule has 1 atom stereocenters. The van der Waals surface area contributed by atoms with E-state index in [-0.39, 0.29) is 40.6 Å². The smallest absolute Gasteiger partial charge is 0.255 e. The molecule has 2 saturated heterocycles. The van der Waals surface area contributed by atoms with Gasteiger partial charge in [0.1, 0.15) is 5.75 Å². The van der Waals surface area contributed by atoms with Gasteiger partial charge in [0.15, 0.2) is 11.6 Å². The molecule has 1 unspecified atom stereocenters. The van der Waals surface area contributed by atoms with E-state index in [0.29, 0.717) is 25.1 Å². The van der Waals surface area contributed by atoms with Gasteiger partial charge in [0.2, 0.25) is 0 Å². The van der Waals surface area contributed by atoms with Crippen molar-refractivity contribution in [3.8, 4) is 11.5 Å². The standard InChI is InChI=1S/C31H33FN4O4/c32-25-20-21(19-24-26(7-18-40-28(24)25)34-29(38)23-3-1-2-4-27(23)37)30(39)36-16-10-31(11-17-36)8-14-35(15-9-31)22-5-12-33-13-6-22/h1-6,12-13,19-20,26,37H,7-11,14-18H2,(H,34,38). The highest BCUT2D eigenvalue weighted by Crippen LogP contribution is 2.43. The number of nitrogens with one attached hydrogen (secondary N) is 1. The van der Waals surface area contributed by atoms with E-state index in [4.69, 9.17) is 4.74 Å². The van der Waals surface area contributed by atoms with Gasteiger partial charge in [-0.1, -0.05) is 12.1 Å². The van der Waals surface area contributed by atoms with E-state index in [1.807, 2.05) is 29.4 Å². The maximum Gasteiger partial charge on any atom is 0.255 e. The summed E-state index contributed by atoms with van der Waals surface area (Å²) in [6.45, 7) is 3.48. The molecule has 208 valence electrons. The number of phenolic OH excluding ortho intramolecular Hbond substituents is 1. The van der Waals surface area contributed by atoms with Crippen LogP contribution in [0.4, 0.5) is 10.1 Å². The van der Waals surface area contributed by atoms with E-state index >= 15 is 4.39 Å². The number of halogens is 1. The summed E-state index contributed by atoms with van der Waals surface area (Å²) in [4.78, 5) is 34.7. The molecule has 0 saturated carbocycles. The minimum atomic E-state index is -0.612. The Morgan fingerprint density at radius 1 is 1.00 bits per heavy atom. The van der Waals surface area contributed by atoms with E-state index in [1.165, 1.54) is 23.9 Å². The molecule has 2 N–H and O–H groups in total. The summed E-state index contributed by atoms with van der Waals surface area (Å²) < 4.78 is 20.7. The first-order valence-corrected chi connectivity index (χ1v) is 13.9. The van der Waals surface area contributed by atoms with Gasteiger partial charge in [-0.2, -0.15) is 0 Å². The van der Waals surface area contributed by atoms with Crippen molar-refractivity contribution in [2.24, 2.45) is 5.41 Å². The molecule has 0 radical (unpaired) electrons. The van der Waals surface area contributed by atoms with Gasteiger partial charge in [-0.25, -0.2) is 4.39 Å². The third kappa shape index (κ3) is 5.08. The number of hydrogen-bond acceptors (Lipinski definition) is 6. The molecule has 8 nitrogen and oxygen atoms in total. The highest BCUT2D eigenvalue weighted by Gasteiger charge is 2.39. The van der Waals surface area contributed by atoms with Crippen LogP contribution >= 0.6 is 0 Å². The Morgan fingerprint density at radius 3 is 2.42 bits per heavy atom. The van der Waals surface area contributed by atoms with E-state index in [0.717, 1.165) is 38.8 Å². The molecular weight excluding hydrogens is 511 g/mol. The molecule has 2 fully saturated rings. The fourth-order valence-electron chi connectivity index (χ4n) is 6.30. The lowest BCUT2D eigenvalue weighted by Crippen LogP contribution is -2.48. The number of pyridine rings is 1. The average molecular weight is 545 g/mol. The molecule has 3 aromatic rings. The molecule has 0 bridgehead atoms. The van der Waals surface area contributed by atoms with Gasteiger partial charge in [0.25, 0.3) is 11.8 Å². The zero-order valence-electron chi connectivity index (χ0n) is 22.3. The third-order valence-electron chi connectivity index (χ3n) is 8.76. The second-order valence-corrected chi connectivity index (χ2v) is 11.0. The number of carbonyl (C=O) groups is 2. The number of aromatic nitrogens is 1. The number of piperidine rings is 2. The first-order valence-electron chi connectivity index (χ1n) is 13.9. The van der Waals surface area contributed by atoms with Gasteiger partial charge in [0.05, 0.1) is 18.2 Å². The van der Waals surface area contributed by atoms with Crippen molar-refractivity contribution in [2.45, 2.75) is 38.1 Å². The number of anilines is 1. The van der Waals surface area contributed by atoms with Crippen molar-refractivity contribution in [3.63, 3.8) is 0 Å². The quantitative estimate of drug-likeness (QED) is 0.495. The van der Waals surface area contributed by atoms with Crippen molar-refractivity contribution >= 4 is 17.5 Å². The number of likely N-dealkylation sites (tertiary alicyclic amines) is 1. The van der Waals surface area contributed by atoms with Crippen LogP contribution in [0.15, 0.2) is 60.9 Å². The van der Waals surface area contributed by atoms with Gasteiger partial charge < -0.3 is 25.0 Å². The molecule has 9 heteroatoms. The SMILES string of the molecule is O=C(NC1CCOc2c(F)cc(C(=O)N3CCC4(CC3)CCN(c3ccncc3)CC4)cc21)c1ccccc1O. The number of carbonyl (C=O) groups excluding carboxylic acids is 2. The van der Waals surface area contributed by atoms with Crippen LogP contribution in [0.2, 0.25) is 0 Å². The highest BCUT2D eigenvalue weighted by atomic mass is 19.1. The van der Waals surface area contributed by atoms with Crippen LogP contribution in [0.3, 0.4) is 0 Å². The van der Waals surface area contributed by atoms with Crippen molar-refractivity contribution in [1.29, 1.82) is 0 Å². The number of ether oxygens (including phenoxy) is 1. The molecule has 2 aromatic carbocycles. The van der Waals surface area contributed by atoms with Crippen LogP contribution in [0.25, 0.3) is 0 Å². The lowest BCUT2D eigenvalue weighted by Gasteiger charge is -2.47. The van der Waals surface area contributed by atoms with Crippen molar-refractivity contribution in [1.82, 2.24) is 15.2 Å². The van der Waals surface area contributed by atoms with Crippen molar-refractivity contribution in [3.05, 3.63) is 83.4 Å². The maximum absolute atomic E-state index is 15.2. The molecule has 2 amide bonds. The van der Waals surface area contributed by atoms with E-state index in [1.54, 1.807) is 18.2 Å². The first-order chi connectivity index (χ1) is 19.4. The lowest BCUT2D eigenvalue weighted by molar-refractivity contribution is 0.0514. The number of amides is 2. The summed E-state index contributed by atoms with van der Waals surface area (Å²) in [5.74, 6) is -1.36. The summed E-state index contributed by atoms with van der Waals surface area (Å²) >= 11 is 0. The number of phenols is 1. The Morgan fingerprint density at radius 2 is 1.70 bits per heavy atom. The summed E-state index contributed by atoms with van der Waals surface area (Å²) in [5, 5.41) is 12.9. The molecule has 1 spiro atoms. The number of aromatic hydroxyl groups is 1. The van der Waals surface area contributed by atoms with Gasteiger partial charge in [-0.15, -0.1) is 0 Å². The van der Waals surface area contributed by atoms with Crippen LogP contribution in [0, 0.1) is 11.2 Å². The summed E-state index contributed by atoms with van der Waals surface area (Å²) in [5.41, 5.74) is 2.26. The minimum Gasteiger partial charge on any atom is -0.507 e. The molecule has 3 aliphatic heterocycles. The second-order valence-electron chi connectivity index (χ2n) is 11.0. The second kappa shape index (κ2) is 10.8. The summed E-state index contributed by atoms with van der Waals surface area (Å²) in [6.07, 6.45) is 8.10. The number of rotatable bonds is 4. The minimum absolute atomic E-state index is 0.0592. The molecule has 1 aromatic heterocycles. The van der Waals surface area contributed by atoms with E-state index in [9.17, 15) is 14.7 Å². The van der Waals surface area contributed by atoms with Gasteiger partial charge in [-0.3, -0.25) is 14.6 Å². The predicted molar refractivity (Wildman–Crippen MR) is 148 cm³/mol. The highest BCUT2D eigenvalue weighted by molar-refractivity contribution is 5.97. The molecular formula is C31H33FN4O4. The van der Waals surface area contributed by atoms with Crippen LogP contribution in [0.5, 0.6) is 11.5 Å². The van der Waals surface area contributed by atoms with Crippen LogP contribution in [-0.4, -0.2) is 59.6 Å². The van der Waals surface area contributed by atoms with E-state index in [2.05, 4.69) is 15.2 Å². The fourth-order valence-corrected chi connectivity index (χ4v) is 6.30. The number of benzene rings is 2. The number of fused-ring (bicyclic) bond motifs is 1. The number of nitrogens with zero attached hydrogens (tertiary/aromatic N) is 3. The first kappa shape index (κ1) is 26.1. The molecule has 3 aliphatic rings. The predicted octanol–water partition coefficient (Wildman–Crippen LogP) is 4.70. The monoisotopic (exact) mass is 544 g/mol. The zero-order valence-corrected chi connectivity index (χ0v) is 22.3. The molecule has 0 aliphatic carbocycles. The number of para-hydroxylation sites is 1. The van der Waals surface area contributed by atoms with Crippen LogP contribution < -0.4 is 15.0 Å². The lowest BCUT2D eigenvalue weighted by atomic mass is 9.71. The Hall–Kier alpha value is -4.14.